The Hall–Kier alpha value is -1.55. The molecule has 2 rings (SSSR count). The monoisotopic (exact) mass is 234 g/mol. The van der Waals surface area contributed by atoms with Crippen LogP contribution in [0.1, 0.15) is 24.2 Å². The Morgan fingerprint density at radius 2 is 2.29 bits per heavy atom. The highest BCUT2D eigenvalue weighted by molar-refractivity contribution is 6.00. The molecule has 0 amide bonds. The molecule has 1 atom stereocenters. The van der Waals surface area contributed by atoms with E-state index in [0.29, 0.717) is 11.3 Å². The molecule has 0 aromatic heterocycles. The second-order valence-electron chi connectivity index (χ2n) is 4.46. The highest BCUT2D eigenvalue weighted by atomic mass is 16.5. The van der Waals surface area contributed by atoms with E-state index in [0.717, 1.165) is 25.4 Å². The van der Waals surface area contributed by atoms with Gasteiger partial charge in [-0.2, -0.15) is 0 Å². The number of nitrogen functional groups attached to an aromatic ring is 1. The van der Waals surface area contributed by atoms with Crippen molar-refractivity contribution < 1.29 is 9.53 Å². The summed E-state index contributed by atoms with van der Waals surface area (Å²) < 4.78 is 5.50. The zero-order chi connectivity index (χ0) is 12.4. The minimum absolute atomic E-state index is 0.00524. The molecule has 1 unspecified atom stereocenters. The molecule has 1 saturated heterocycles. The van der Waals surface area contributed by atoms with Crippen molar-refractivity contribution in [2.24, 2.45) is 0 Å². The molecule has 0 saturated carbocycles. The number of nitrogens with zero attached hydrogens (tertiary/aromatic N) is 1. The minimum atomic E-state index is 0.00524. The molecule has 17 heavy (non-hydrogen) atoms. The lowest BCUT2D eigenvalue weighted by Crippen LogP contribution is -2.41. The molecule has 92 valence electrons. The van der Waals surface area contributed by atoms with E-state index < -0.39 is 0 Å². The average Bonchev–Trinajstić information content (AvgIpc) is 2.29. The third-order valence-electron chi connectivity index (χ3n) is 3.02. The summed E-state index contributed by atoms with van der Waals surface area (Å²) in [5.74, 6) is 0.00524. The molecule has 1 aliphatic heterocycles. The summed E-state index contributed by atoms with van der Waals surface area (Å²) in [7, 11) is 0. The summed E-state index contributed by atoms with van der Waals surface area (Å²) in [6, 6.07) is 5.63. The topological polar surface area (TPSA) is 55.6 Å². The van der Waals surface area contributed by atoms with Crippen molar-refractivity contribution in [2.75, 3.05) is 30.3 Å². The van der Waals surface area contributed by atoms with Crippen molar-refractivity contribution in [1.29, 1.82) is 0 Å². The van der Waals surface area contributed by atoms with Gasteiger partial charge in [0.2, 0.25) is 0 Å². The van der Waals surface area contributed by atoms with E-state index >= 15 is 0 Å². The van der Waals surface area contributed by atoms with Gasteiger partial charge in [0, 0.05) is 30.0 Å². The van der Waals surface area contributed by atoms with Gasteiger partial charge in [-0.3, -0.25) is 4.79 Å². The van der Waals surface area contributed by atoms with Crippen LogP contribution in [0.25, 0.3) is 0 Å². The first-order valence-corrected chi connectivity index (χ1v) is 5.85. The standard InChI is InChI=1S/C13H18N2O2/c1-9-8-15(5-6-17-9)11-3-4-13(14)12(7-11)10(2)16/h3-4,7,9H,5-6,8,14H2,1-2H3. The predicted octanol–water partition coefficient (Wildman–Crippen LogP) is 1.70. The molecule has 1 fully saturated rings. The van der Waals surface area contributed by atoms with Crippen LogP contribution in [0.5, 0.6) is 0 Å². The van der Waals surface area contributed by atoms with Gasteiger partial charge < -0.3 is 15.4 Å². The molecule has 4 heteroatoms. The smallest absolute Gasteiger partial charge is 0.161 e. The van der Waals surface area contributed by atoms with Crippen LogP contribution in [0.3, 0.4) is 0 Å². The zero-order valence-corrected chi connectivity index (χ0v) is 10.3. The summed E-state index contributed by atoms with van der Waals surface area (Å²) in [5.41, 5.74) is 7.97. The Kier molecular flexibility index (Phi) is 3.33. The number of Topliss-reactive ketones (excluding diaryl/α,β-unsaturated/α-hetero) is 1. The van der Waals surface area contributed by atoms with E-state index in [9.17, 15) is 4.79 Å². The van der Waals surface area contributed by atoms with Crippen molar-refractivity contribution >= 4 is 17.2 Å². The Bertz CT molecular complexity index is 431. The minimum Gasteiger partial charge on any atom is -0.398 e. The zero-order valence-electron chi connectivity index (χ0n) is 10.3. The van der Waals surface area contributed by atoms with Crippen LogP contribution in [0.4, 0.5) is 11.4 Å². The normalized spacial score (nSPS) is 20.4. The first-order chi connectivity index (χ1) is 8.08. The van der Waals surface area contributed by atoms with Crippen LogP contribution in [0.15, 0.2) is 18.2 Å². The number of ether oxygens (including phenoxy) is 1. The van der Waals surface area contributed by atoms with Gasteiger partial charge in [0.05, 0.1) is 12.7 Å². The molecule has 2 N–H and O–H groups in total. The number of carbonyl (C=O) groups is 1. The summed E-state index contributed by atoms with van der Waals surface area (Å²) in [6.45, 7) is 6.01. The second kappa shape index (κ2) is 4.75. The number of benzene rings is 1. The van der Waals surface area contributed by atoms with Crippen LogP contribution < -0.4 is 10.6 Å². The van der Waals surface area contributed by atoms with Crippen molar-refractivity contribution in [2.45, 2.75) is 20.0 Å². The van der Waals surface area contributed by atoms with Crippen LogP contribution in [-0.2, 0) is 4.74 Å². The second-order valence-corrected chi connectivity index (χ2v) is 4.46. The highest BCUT2D eigenvalue weighted by Crippen LogP contribution is 2.23. The van der Waals surface area contributed by atoms with Crippen molar-refractivity contribution in [3.05, 3.63) is 23.8 Å². The molecule has 0 radical (unpaired) electrons. The molecule has 4 nitrogen and oxygen atoms in total. The largest absolute Gasteiger partial charge is 0.398 e. The predicted molar refractivity (Wildman–Crippen MR) is 68.5 cm³/mol. The Balaban J connectivity index is 2.26. The summed E-state index contributed by atoms with van der Waals surface area (Å²) in [6.07, 6.45) is 0.224. The fourth-order valence-electron chi connectivity index (χ4n) is 2.10. The average molecular weight is 234 g/mol. The SMILES string of the molecule is CC(=O)c1cc(N2CCOC(C)C2)ccc1N. The Morgan fingerprint density at radius 1 is 1.53 bits per heavy atom. The number of rotatable bonds is 2. The van der Waals surface area contributed by atoms with Crippen molar-refractivity contribution in [1.82, 2.24) is 0 Å². The van der Waals surface area contributed by atoms with Gasteiger partial charge in [-0.15, -0.1) is 0 Å². The number of hydrogen-bond acceptors (Lipinski definition) is 4. The summed E-state index contributed by atoms with van der Waals surface area (Å²) >= 11 is 0. The maximum atomic E-state index is 11.4. The van der Waals surface area contributed by atoms with Gasteiger partial charge >= 0.3 is 0 Å². The molecule has 1 aromatic rings. The number of ketones is 1. The number of anilines is 2. The lowest BCUT2D eigenvalue weighted by Gasteiger charge is -2.33. The first-order valence-electron chi connectivity index (χ1n) is 5.85. The van der Waals surface area contributed by atoms with Crippen LogP contribution in [0.2, 0.25) is 0 Å². The Labute approximate surface area is 101 Å². The van der Waals surface area contributed by atoms with Crippen LogP contribution in [0, 0.1) is 0 Å². The Morgan fingerprint density at radius 3 is 2.94 bits per heavy atom. The van der Waals surface area contributed by atoms with E-state index in [1.807, 2.05) is 12.1 Å². The fraction of sp³-hybridized carbons (Fsp3) is 0.462. The fourth-order valence-corrected chi connectivity index (χ4v) is 2.10. The van der Waals surface area contributed by atoms with E-state index in [2.05, 4.69) is 11.8 Å². The van der Waals surface area contributed by atoms with Gasteiger partial charge in [0.25, 0.3) is 0 Å². The lowest BCUT2D eigenvalue weighted by atomic mass is 10.1. The maximum absolute atomic E-state index is 11.4. The number of carbonyl (C=O) groups excluding carboxylic acids is 1. The highest BCUT2D eigenvalue weighted by Gasteiger charge is 2.18. The van der Waals surface area contributed by atoms with E-state index in [1.54, 1.807) is 6.07 Å². The lowest BCUT2D eigenvalue weighted by molar-refractivity contribution is 0.0532. The van der Waals surface area contributed by atoms with Gasteiger partial charge in [0.1, 0.15) is 0 Å². The number of hydrogen-bond donors (Lipinski definition) is 1. The van der Waals surface area contributed by atoms with Crippen LogP contribution in [-0.4, -0.2) is 31.6 Å². The molecule has 1 heterocycles. The van der Waals surface area contributed by atoms with Gasteiger partial charge in [-0.05, 0) is 32.0 Å². The molecule has 1 aliphatic rings. The van der Waals surface area contributed by atoms with E-state index in [1.165, 1.54) is 6.92 Å². The molecule has 0 spiro atoms. The van der Waals surface area contributed by atoms with Gasteiger partial charge in [-0.1, -0.05) is 0 Å². The molecule has 0 bridgehead atoms. The molecule has 0 aliphatic carbocycles. The number of nitrogens with two attached hydrogens (primary N) is 1. The molecular formula is C13H18N2O2. The molecule has 1 aromatic carbocycles. The first kappa shape index (κ1) is 11.9. The van der Waals surface area contributed by atoms with Crippen molar-refractivity contribution in [3.63, 3.8) is 0 Å². The van der Waals surface area contributed by atoms with E-state index in [-0.39, 0.29) is 11.9 Å². The third kappa shape index (κ3) is 2.58. The summed E-state index contributed by atoms with van der Waals surface area (Å²) in [4.78, 5) is 13.7. The maximum Gasteiger partial charge on any atom is 0.161 e. The van der Waals surface area contributed by atoms with Gasteiger partial charge in [0.15, 0.2) is 5.78 Å². The quantitative estimate of drug-likeness (QED) is 0.625. The summed E-state index contributed by atoms with van der Waals surface area (Å²) in [5, 5.41) is 0. The van der Waals surface area contributed by atoms with E-state index in [4.69, 9.17) is 10.5 Å². The van der Waals surface area contributed by atoms with Crippen LogP contribution >= 0.6 is 0 Å². The number of morpholine rings is 1. The van der Waals surface area contributed by atoms with Crippen molar-refractivity contribution in [3.8, 4) is 0 Å². The third-order valence-corrected chi connectivity index (χ3v) is 3.02. The molecular weight excluding hydrogens is 216 g/mol. The van der Waals surface area contributed by atoms with Gasteiger partial charge in [-0.25, -0.2) is 0 Å².